The van der Waals surface area contributed by atoms with Gasteiger partial charge in [-0.05, 0) is 64.2 Å². The summed E-state index contributed by atoms with van der Waals surface area (Å²) in [5.41, 5.74) is 3.27. The zero-order chi connectivity index (χ0) is 21.1. The normalized spacial score (nSPS) is 13.4. The molecular weight excluding hydrogens is 348 g/mol. The smallest absolute Gasteiger partial charge is 0.133 e. The van der Waals surface area contributed by atoms with Gasteiger partial charge in [0.1, 0.15) is 17.3 Å². The van der Waals surface area contributed by atoms with Crippen molar-refractivity contribution in [2.45, 2.75) is 72.1 Å². The van der Waals surface area contributed by atoms with Crippen molar-refractivity contribution in [3.63, 3.8) is 0 Å². The second kappa shape index (κ2) is 12.4. The maximum atomic E-state index is 12.5. The fourth-order valence-electron chi connectivity index (χ4n) is 3.72. The molecule has 1 rings (SSSR count). The minimum atomic E-state index is -0.137. The average Bonchev–Trinajstić information content (AvgIpc) is 2.66. The summed E-state index contributed by atoms with van der Waals surface area (Å²) in [6.07, 6.45) is 10.3. The lowest BCUT2D eigenvalue weighted by molar-refractivity contribution is -0.121. The van der Waals surface area contributed by atoms with E-state index < -0.39 is 0 Å². The van der Waals surface area contributed by atoms with Crippen molar-refractivity contribution >= 4 is 5.78 Å². The summed E-state index contributed by atoms with van der Waals surface area (Å²) in [5, 5.41) is 0. The molecule has 0 saturated heterocycles. The third-order valence-corrected chi connectivity index (χ3v) is 5.24. The number of allylic oxidation sites excluding steroid dienone is 3. The molecule has 0 saturated carbocycles. The number of ether oxygens (including phenoxy) is 2. The van der Waals surface area contributed by atoms with Crippen LogP contribution in [0.15, 0.2) is 36.4 Å². The SMILES string of the molecule is C=C(C)CC[C@@H](C(C)=O)[C@@H](/C=C/C)c1c(OC)cc(CCCCC)cc1OC. The summed E-state index contributed by atoms with van der Waals surface area (Å²) in [7, 11) is 3.38. The van der Waals surface area contributed by atoms with E-state index in [0.717, 1.165) is 48.3 Å². The van der Waals surface area contributed by atoms with Gasteiger partial charge in [0, 0.05) is 17.4 Å². The Bertz CT molecular complexity index is 647. The Morgan fingerprint density at radius 1 is 1.14 bits per heavy atom. The Hall–Kier alpha value is -2.03. The number of hydrogen-bond acceptors (Lipinski definition) is 3. The highest BCUT2D eigenvalue weighted by Gasteiger charge is 2.30. The quantitative estimate of drug-likeness (QED) is 0.281. The summed E-state index contributed by atoms with van der Waals surface area (Å²) in [6, 6.07) is 4.22. The minimum absolute atomic E-state index is 0.0866. The van der Waals surface area contributed by atoms with Crippen LogP contribution >= 0.6 is 0 Å². The average molecular weight is 387 g/mol. The first-order chi connectivity index (χ1) is 13.4. The molecule has 156 valence electrons. The van der Waals surface area contributed by atoms with Crippen LogP contribution in [-0.2, 0) is 11.2 Å². The van der Waals surface area contributed by atoms with E-state index in [1.807, 2.05) is 19.9 Å². The lowest BCUT2D eigenvalue weighted by Gasteiger charge is -2.27. The van der Waals surface area contributed by atoms with Gasteiger partial charge in [-0.2, -0.15) is 0 Å². The third-order valence-electron chi connectivity index (χ3n) is 5.24. The maximum Gasteiger partial charge on any atom is 0.133 e. The molecule has 0 spiro atoms. The molecule has 0 bridgehead atoms. The number of methoxy groups -OCH3 is 2. The number of benzene rings is 1. The van der Waals surface area contributed by atoms with E-state index in [9.17, 15) is 4.79 Å². The highest BCUT2D eigenvalue weighted by Crippen LogP contribution is 2.43. The van der Waals surface area contributed by atoms with Crippen molar-refractivity contribution in [1.82, 2.24) is 0 Å². The van der Waals surface area contributed by atoms with E-state index in [-0.39, 0.29) is 17.6 Å². The molecule has 0 aliphatic carbocycles. The Labute approximate surface area is 171 Å². The van der Waals surface area contributed by atoms with Crippen molar-refractivity contribution in [2.24, 2.45) is 5.92 Å². The highest BCUT2D eigenvalue weighted by molar-refractivity contribution is 5.80. The molecule has 3 heteroatoms. The molecule has 1 aromatic rings. The zero-order valence-corrected chi connectivity index (χ0v) is 18.6. The van der Waals surface area contributed by atoms with Crippen LogP contribution in [0, 0.1) is 5.92 Å². The van der Waals surface area contributed by atoms with E-state index in [4.69, 9.17) is 9.47 Å². The Morgan fingerprint density at radius 3 is 2.18 bits per heavy atom. The topological polar surface area (TPSA) is 35.5 Å². The van der Waals surface area contributed by atoms with Gasteiger partial charge in [0.25, 0.3) is 0 Å². The number of Topliss-reactive ketones (excluding diaryl/α,β-unsaturated/α-hetero) is 1. The number of rotatable bonds is 13. The molecule has 0 amide bonds. The predicted molar refractivity (Wildman–Crippen MR) is 119 cm³/mol. The molecule has 3 nitrogen and oxygen atoms in total. The first-order valence-electron chi connectivity index (χ1n) is 10.4. The van der Waals surface area contributed by atoms with Crippen LogP contribution in [-0.4, -0.2) is 20.0 Å². The number of carbonyl (C=O) groups is 1. The van der Waals surface area contributed by atoms with Crippen LogP contribution in [0.25, 0.3) is 0 Å². The molecule has 0 radical (unpaired) electrons. The number of aryl methyl sites for hydroxylation is 1. The molecule has 2 atom stereocenters. The van der Waals surface area contributed by atoms with Gasteiger partial charge in [0.2, 0.25) is 0 Å². The van der Waals surface area contributed by atoms with Gasteiger partial charge in [-0.25, -0.2) is 0 Å². The van der Waals surface area contributed by atoms with Crippen LogP contribution < -0.4 is 9.47 Å². The molecule has 0 heterocycles. The third kappa shape index (κ3) is 6.85. The van der Waals surface area contributed by atoms with E-state index in [1.54, 1.807) is 21.1 Å². The molecule has 1 aromatic carbocycles. The molecule has 0 unspecified atom stereocenters. The Morgan fingerprint density at radius 2 is 1.75 bits per heavy atom. The summed E-state index contributed by atoms with van der Waals surface area (Å²) in [6.45, 7) is 11.9. The summed E-state index contributed by atoms with van der Waals surface area (Å²) < 4.78 is 11.5. The number of unbranched alkanes of at least 4 members (excludes halogenated alkanes) is 2. The second-order valence-electron chi connectivity index (χ2n) is 7.64. The fraction of sp³-hybridized carbons (Fsp3) is 0.560. The largest absolute Gasteiger partial charge is 0.496 e. The lowest BCUT2D eigenvalue weighted by Crippen LogP contribution is -2.20. The summed E-state index contributed by atoms with van der Waals surface area (Å²) >= 11 is 0. The van der Waals surface area contributed by atoms with Gasteiger partial charge in [-0.15, -0.1) is 6.58 Å². The molecule has 0 fully saturated rings. The van der Waals surface area contributed by atoms with E-state index in [2.05, 4.69) is 31.7 Å². The van der Waals surface area contributed by atoms with Crippen LogP contribution in [0.1, 0.15) is 76.8 Å². The number of carbonyl (C=O) groups excluding carboxylic acids is 1. The van der Waals surface area contributed by atoms with Crippen molar-refractivity contribution < 1.29 is 14.3 Å². The van der Waals surface area contributed by atoms with Gasteiger partial charge in [-0.3, -0.25) is 4.79 Å². The standard InChI is InChI=1S/C25H38O3/c1-8-10-11-13-20-16-23(27-6)25(24(17-20)28-7)22(12-9-2)21(19(5)26)15-14-18(3)4/h9,12,16-17,21-22H,3,8,10-11,13-15H2,1-2,4-7H3/b12-9+/t21-,22+/m0/s1. The lowest BCUT2D eigenvalue weighted by atomic mass is 9.79. The molecule has 0 aliphatic heterocycles. The number of ketones is 1. The van der Waals surface area contributed by atoms with Crippen molar-refractivity contribution in [3.8, 4) is 11.5 Å². The van der Waals surface area contributed by atoms with Crippen molar-refractivity contribution in [2.75, 3.05) is 14.2 Å². The first-order valence-corrected chi connectivity index (χ1v) is 10.4. The van der Waals surface area contributed by atoms with Gasteiger partial charge in [0.05, 0.1) is 14.2 Å². The monoisotopic (exact) mass is 386 g/mol. The second-order valence-corrected chi connectivity index (χ2v) is 7.64. The van der Waals surface area contributed by atoms with E-state index in [0.29, 0.717) is 0 Å². The van der Waals surface area contributed by atoms with Crippen molar-refractivity contribution in [3.05, 3.63) is 47.6 Å². The van der Waals surface area contributed by atoms with Gasteiger partial charge in [-0.1, -0.05) is 37.5 Å². The Kier molecular flexibility index (Phi) is 10.7. The summed E-state index contributed by atoms with van der Waals surface area (Å²) in [5.74, 6) is 1.56. The van der Waals surface area contributed by atoms with Gasteiger partial charge < -0.3 is 9.47 Å². The molecule has 0 N–H and O–H groups in total. The van der Waals surface area contributed by atoms with Crippen LogP contribution in [0.2, 0.25) is 0 Å². The van der Waals surface area contributed by atoms with Crippen LogP contribution in [0.5, 0.6) is 11.5 Å². The molecule has 28 heavy (non-hydrogen) atoms. The zero-order valence-electron chi connectivity index (χ0n) is 18.6. The van der Waals surface area contributed by atoms with E-state index >= 15 is 0 Å². The van der Waals surface area contributed by atoms with Gasteiger partial charge >= 0.3 is 0 Å². The van der Waals surface area contributed by atoms with E-state index in [1.165, 1.54) is 18.4 Å². The van der Waals surface area contributed by atoms with Crippen LogP contribution in [0.3, 0.4) is 0 Å². The summed E-state index contributed by atoms with van der Waals surface area (Å²) in [4.78, 5) is 12.5. The number of hydrogen-bond donors (Lipinski definition) is 0. The molecular formula is C25H38O3. The minimum Gasteiger partial charge on any atom is -0.496 e. The highest BCUT2D eigenvalue weighted by atomic mass is 16.5. The fourth-order valence-corrected chi connectivity index (χ4v) is 3.72. The molecule has 0 aromatic heterocycles. The maximum absolute atomic E-state index is 12.5. The van der Waals surface area contributed by atoms with Gasteiger partial charge in [0.15, 0.2) is 0 Å². The van der Waals surface area contributed by atoms with Crippen LogP contribution in [0.4, 0.5) is 0 Å². The predicted octanol–water partition coefficient (Wildman–Crippen LogP) is 6.66. The van der Waals surface area contributed by atoms with Crippen molar-refractivity contribution in [1.29, 1.82) is 0 Å². The Balaban J connectivity index is 3.42. The first kappa shape index (κ1) is 24.0. The molecule has 0 aliphatic rings.